The Balaban J connectivity index is 0.000000518. The number of allylic oxidation sites excluding steroid dienone is 4. The predicted molar refractivity (Wildman–Crippen MR) is 133 cm³/mol. The Morgan fingerprint density at radius 3 is 2.18 bits per heavy atom. The van der Waals surface area contributed by atoms with Crippen molar-refractivity contribution in [2.24, 2.45) is 11.3 Å². The summed E-state index contributed by atoms with van der Waals surface area (Å²) in [5, 5.41) is 0. The number of aryl methyl sites for hydroxylation is 2. The fourth-order valence-corrected chi connectivity index (χ4v) is 3.82. The Kier molecular flexibility index (Phi) is 14.3. The van der Waals surface area contributed by atoms with Crippen LogP contribution in [0, 0.1) is 37.3 Å². The summed E-state index contributed by atoms with van der Waals surface area (Å²) < 4.78 is 1.51. The Bertz CT molecular complexity index is 924. The van der Waals surface area contributed by atoms with E-state index >= 15 is 0 Å². The summed E-state index contributed by atoms with van der Waals surface area (Å²) in [6.45, 7) is 17.5. The molecule has 0 saturated carbocycles. The first-order valence-corrected chi connectivity index (χ1v) is 12.7. The molecule has 3 heteroatoms. The van der Waals surface area contributed by atoms with Gasteiger partial charge in [0.15, 0.2) is 0 Å². The van der Waals surface area contributed by atoms with Gasteiger partial charge in [0.05, 0.1) is 0 Å². The van der Waals surface area contributed by atoms with E-state index in [2.05, 4.69) is 110 Å². The normalized spacial score (nSPS) is 14.8. The van der Waals surface area contributed by atoms with Crippen LogP contribution in [0.4, 0.5) is 0 Å². The van der Waals surface area contributed by atoms with E-state index in [4.69, 9.17) is 0 Å². The minimum Gasteiger partial charge on any atom is -1.00 e. The number of hydrogen-bond acceptors (Lipinski definition) is 0. The van der Waals surface area contributed by atoms with Gasteiger partial charge in [-0.15, -0.1) is 11.1 Å². The smallest absolute Gasteiger partial charge is 0.0253 e. The summed E-state index contributed by atoms with van der Waals surface area (Å²) in [7, 11) is 0. The molecule has 1 atom stereocenters. The van der Waals surface area contributed by atoms with E-state index in [1.54, 1.807) is 24.2 Å². The summed E-state index contributed by atoms with van der Waals surface area (Å²) in [5.74, 6) is 0.587. The number of benzene rings is 2. The fourth-order valence-electron chi connectivity index (χ4n) is 3.82. The topological polar surface area (TPSA) is 0 Å². The quantitative estimate of drug-likeness (QED) is 0.422. The number of halogens is 2. The average molecular weight is 561 g/mol. The Hall–Kier alpha value is -0.747. The zero-order valence-corrected chi connectivity index (χ0v) is 25.5. The van der Waals surface area contributed by atoms with E-state index in [0.717, 1.165) is 6.42 Å². The van der Waals surface area contributed by atoms with Crippen LogP contribution in [0.1, 0.15) is 76.6 Å². The summed E-state index contributed by atoms with van der Waals surface area (Å²) in [5.41, 5.74) is 9.90. The maximum Gasteiger partial charge on any atom is -0.0253 e. The molecule has 0 aliphatic heterocycles. The van der Waals surface area contributed by atoms with Gasteiger partial charge in [0, 0.05) is 0 Å². The van der Waals surface area contributed by atoms with E-state index in [1.807, 2.05) is 0 Å². The van der Waals surface area contributed by atoms with Crippen LogP contribution in [0.15, 0.2) is 48.1 Å². The number of rotatable bonds is 2. The van der Waals surface area contributed by atoms with Crippen LogP contribution < -0.4 is 24.8 Å². The largest absolute Gasteiger partial charge is 1.00 e. The van der Waals surface area contributed by atoms with Crippen LogP contribution in [-0.2, 0) is 30.7 Å². The van der Waals surface area contributed by atoms with Crippen molar-refractivity contribution in [3.63, 3.8) is 0 Å². The van der Waals surface area contributed by atoms with Crippen LogP contribution in [0.3, 0.4) is 0 Å². The second-order valence-electron chi connectivity index (χ2n) is 9.95. The molecule has 0 heterocycles. The molecule has 2 aromatic rings. The van der Waals surface area contributed by atoms with Crippen LogP contribution >= 0.6 is 0 Å². The fraction of sp³-hybridized carbons (Fsp3) is 0.433. The van der Waals surface area contributed by atoms with Gasteiger partial charge in [-0.1, -0.05) is 88.1 Å². The molecule has 2 aliphatic rings. The molecule has 0 N–H and O–H groups in total. The molecule has 0 spiro atoms. The molecule has 0 bridgehead atoms. The standard InChI is InChI=1S/C15H13.C12H19.C3H6.2ClH.Zr/c1-10-3-5-14-12(7-10)9-13-8-11(2)4-6-15(13)14;1-5-6-10-7-8-11(9-10)12(2,3)4;1-3-2;;;/h3-7H,9H2,1-2H3;8-10H,5-6H2,1-4H3;1-2H3;2*1H;/q2*-1;;;;+2/p-2. The summed E-state index contributed by atoms with van der Waals surface area (Å²) in [4.78, 5) is 0. The molecule has 0 aromatic heterocycles. The van der Waals surface area contributed by atoms with Crippen molar-refractivity contribution in [2.75, 3.05) is 0 Å². The predicted octanol–water partition coefficient (Wildman–Crippen LogP) is 2.18. The SMILES string of the molecule is CCCC1[C-]=CC(C(C)(C)C)=C1.C[C](C)=[Zr+2].Cc1[c-]c2c(cc1)-c1ccc(C)cc1C2.[Cl-].[Cl-]. The minimum absolute atomic E-state index is 0. The van der Waals surface area contributed by atoms with Gasteiger partial charge < -0.3 is 24.8 Å². The molecule has 0 saturated heterocycles. The Labute approximate surface area is 230 Å². The van der Waals surface area contributed by atoms with Crippen LogP contribution in [-0.4, -0.2) is 3.21 Å². The van der Waals surface area contributed by atoms with Crippen molar-refractivity contribution < 1.29 is 49.0 Å². The third kappa shape index (κ3) is 10.2. The van der Waals surface area contributed by atoms with Crippen molar-refractivity contribution in [3.05, 3.63) is 82.5 Å². The van der Waals surface area contributed by atoms with Crippen molar-refractivity contribution in [1.82, 2.24) is 0 Å². The Morgan fingerprint density at radius 2 is 1.64 bits per heavy atom. The molecule has 33 heavy (non-hydrogen) atoms. The van der Waals surface area contributed by atoms with Gasteiger partial charge in [-0.3, -0.25) is 6.08 Å². The van der Waals surface area contributed by atoms with Crippen LogP contribution in [0.5, 0.6) is 0 Å². The monoisotopic (exact) mass is 558 g/mol. The van der Waals surface area contributed by atoms with Gasteiger partial charge in [-0.25, -0.2) is 6.08 Å². The van der Waals surface area contributed by atoms with Gasteiger partial charge in [-0.2, -0.15) is 35.4 Å². The second kappa shape index (κ2) is 14.6. The maximum absolute atomic E-state index is 3.45. The first-order chi connectivity index (χ1) is 14.5. The first kappa shape index (κ1) is 32.3. The van der Waals surface area contributed by atoms with E-state index < -0.39 is 0 Å². The summed E-state index contributed by atoms with van der Waals surface area (Å²) in [6, 6.07) is 14.5. The molecule has 0 fully saturated rings. The van der Waals surface area contributed by atoms with E-state index in [9.17, 15) is 0 Å². The molecule has 0 amide bonds. The van der Waals surface area contributed by atoms with Crippen molar-refractivity contribution >= 4 is 3.21 Å². The molecule has 2 aliphatic carbocycles. The maximum atomic E-state index is 3.45. The van der Waals surface area contributed by atoms with E-state index in [0.29, 0.717) is 11.3 Å². The van der Waals surface area contributed by atoms with Crippen LogP contribution in [0.2, 0.25) is 0 Å². The molecular formula is C30H38Cl2Zr-2. The van der Waals surface area contributed by atoms with Crippen molar-refractivity contribution in [3.8, 4) is 11.1 Å². The van der Waals surface area contributed by atoms with Gasteiger partial charge in [0.2, 0.25) is 0 Å². The van der Waals surface area contributed by atoms with Crippen molar-refractivity contribution in [1.29, 1.82) is 0 Å². The molecule has 2 aromatic carbocycles. The molecule has 0 radical (unpaired) electrons. The molecule has 178 valence electrons. The molecular weight excluding hydrogens is 522 g/mol. The minimum atomic E-state index is 0. The zero-order valence-electron chi connectivity index (χ0n) is 21.5. The van der Waals surface area contributed by atoms with Crippen LogP contribution in [0.25, 0.3) is 11.1 Å². The third-order valence-corrected chi connectivity index (χ3v) is 5.39. The van der Waals surface area contributed by atoms with E-state index in [-0.39, 0.29) is 24.8 Å². The number of fused-ring (bicyclic) bond motifs is 3. The van der Waals surface area contributed by atoms with Gasteiger partial charge in [0.1, 0.15) is 0 Å². The molecule has 0 nitrogen and oxygen atoms in total. The summed E-state index contributed by atoms with van der Waals surface area (Å²) >= 11 is 1.55. The third-order valence-electron chi connectivity index (χ3n) is 5.39. The second-order valence-corrected chi connectivity index (χ2v) is 12.4. The van der Waals surface area contributed by atoms with Gasteiger partial charge >= 0.3 is 41.3 Å². The first-order valence-electron chi connectivity index (χ1n) is 11.5. The summed E-state index contributed by atoms with van der Waals surface area (Å²) in [6.07, 6.45) is 11.5. The number of hydrogen-bond donors (Lipinski definition) is 0. The zero-order chi connectivity index (χ0) is 23.2. The van der Waals surface area contributed by atoms with Gasteiger partial charge in [-0.05, 0) is 18.9 Å². The van der Waals surface area contributed by atoms with Gasteiger partial charge in [0.25, 0.3) is 0 Å². The average Bonchev–Trinajstić information content (AvgIpc) is 3.25. The molecule has 4 rings (SSSR count). The molecule has 1 unspecified atom stereocenters. The van der Waals surface area contributed by atoms with E-state index in [1.165, 1.54) is 55.0 Å². The Morgan fingerprint density at radius 1 is 1.03 bits per heavy atom. The van der Waals surface area contributed by atoms with Crippen molar-refractivity contribution in [2.45, 2.75) is 74.7 Å².